The van der Waals surface area contributed by atoms with Gasteiger partial charge in [-0.1, -0.05) is 37.3 Å². The number of nitrogens with zero attached hydrogens (tertiary/aromatic N) is 2. The van der Waals surface area contributed by atoms with Crippen molar-refractivity contribution in [2.45, 2.75) is 57.7 Å². The molecule has 1 atom stereocenters. The third-order valence-electron chi connectivity index (χ3n) is 7.45. The second-order valence-electron chi connectivity index (χ2n) is 10.2. The van der Waals surface area contributed by atoms with Gasteiger partial charge in [-0.25, -0.2) is 0 Å². The maximum Gasteiger partial charge on any atom is 0.416 e. The minimum absolute atomic E-state index is 0.00436. The molecule has 9 heteroatoms. The minimum Gasteiger partial charge on any atom is -0.372 e. The van der Waals surface area contributed by atoms with Crippen LogP contribution in [-0.2, 0) is 40.0 Å². The van der Waals surface area contributed by atoms with Crippen LogP contribution in [0.25, 0.3) is 0 Å². The molecule has 2 aromatic rings. The Morgan fingerprint density at radius 1 is 1.16 bits per heavy atom. The quantitative estimate of drug-likeness (QED) is 0.498. The summed E-state index contributed by atoms with van der Waals surface area (Å²) in [5.41, 5.74) is 2.45. The van der Waals surface area contributed by atoms with Crippen molar-refractivity contribution in [3.8, 4) is 0 Å². The van der Waals surface area contributed by atoms with E-state index in [4.69, 9.17) is 9.47 Å². The van der Waals surface area contributed by atoms with Gasteiger partial charge in [-0.3, -0.25) is 14.6 Å². The normalized spacial score (nSPS) is 22.4. The summed E-state index contributed by atoms with van der Waals surface area (Å²) in [6.45, 7) is 4.93. The fraction of sp³-hybridized carbons (Fsp3) is 0.536. The average molecular weight is 518 g/mol. The first-order chi connectivity index (χ1) is 17.8. The summed E-state index contributed by atoms with van der Waals surface area (Å²) in [5.74, 6) is -0.938. The summed E-state index contributed by atoms with van der Waals surface area (Å²) < 4.78 is 53.3. The Kier molecular flexibility index (Phi) is 7.47. The first-order valence-electron chi connectivity index (χ1n) is 13.1. The van der Waals surface area contributed by atoms with Crippen LogP contribution >= 0.6 is 0 Å². The molecule has 1 amide bonds. The molecule has 2 aliphatic heterocycles. The van der Waals surface area contributed by atoms with Gasteiger partial charge in [0.25, 0.3) is 0 Å². The van der Waals surface area contributed by atoms with Gasteiger partial charge < -0.3 is 14.8 Å². The molecule has 0 aromatic heterocycles. The second-order valence-corrected chi connectivity index (χ2v) is 10.2. The molecule has 0 radical (unpaired) electrons. The maximum absolute atomic E-state index is 13.8. The zero-order chi connectivity index (χ0) is 26.0. The molecule has 1 aliphatic carbocycles. The maximum atomic E-state index is 13.8. The molecule has 5 rings (SSSR count). The molecule has 6 nitrogen and oxygen atoms in total. The largest absolute Gasteiger partial charge is 0.416 e. The van der Waals surface area contributed by atoms with Crippen molar-refractivity contribution in [2.24, 2.45) is 5.92 Å². The fourth-order valence-electron chi connectivity index (χ4n) is 5.35. The van der Waals surface area contributed by atoms with Crippen LogP contribution in [0.1, 0.15) is 48.4 Å². The van der Waals surface area contributed by atoms with Crippen molar-refractivity contribution in [3.63, 3.8) is 0 Å². The Morgan fingerprint density at radius 3 is 2.68 bits per heavy atom. The molecule has 1 unspecified atom stereocenters. The van der Waals surface area contributed by atoms with E-state index in [9.17, 15) is 18.0 Å². The molecule has 1 N–H and O–H groups in total. The highest BCUT2D eigenvalue weighted by molar-refractivity contribution is 5.77. The molecule has 200 valence electrons. The predicted octanol–water partition coefficient (Wildman–Crippen LogP) is 5.02. The zero-order valence-corrected chi connectivity index (χ0v) is 21.2. The number of alkyl halides is 3. The fourth-order valence-corrected chi connectivity index (χ4v) is 5.35. The highest BCUT2D eigenvalue weighted by atomic mass is 19.4. The highest BCUT2D eigenvalue weighted by Gasteiger charge is 2.45. The van der Waals surface area contributed by atoms with Crippen LogP contribution in [0.3, 0.4) is 0 Å². The summed E-state index contributed by atoms with van der Waals surface area (Å²) >= 11 is 0. The van der Waals surface area contributed by atoms with Gasteiger partial charge in [-0.2, -0.15) is 13.2 Å². The van der Waals surface area contributed by atoms with Gasteiger partial charge >= 0.3 is 6.18 Å². The number of nitrogens with one attached hydrogen (secondary N) is 1. The Balaban J connectivity index is 1.47. The van der Waals surface area contributed by atoms with Gasteiger partial charge in [0.05, 0.1) is 25.3 Å². The molecule has 37 heavy (non-hydrogen) atoms. The number of ether oxygens (including phenoxy) is 2. The van der Waals surface area contributed by atoms with Crippen molar-refractivity contribution in [1.29, 1.82) is 0 Å². The smallest absolute Gasteiger partial charge is 0.372 e. The monoisotopic (exact) mass is 517 g/mol. The lowest BCUT2D eigenvalue weighted by Gasteiger charge is -2.46. The van der Waals surface area contributed by atoms with Gasteiger partial charge in [0.15, 0.2) is 0 Å². The summed E-state index contributed by atoms with van der Waals surface area (Å²) in [6.07, 6.45) is -0.954. The molecule has 1 saturated heterocycles. The Morgan fingerprint density at radius 2 is 1.97 bits per heavy atom. The van der Waals surface area contributed by atoms with Crippen LogP contribution in [0.15, 0.2) is 42.5 Å². The number of benzene rings is 2. The summed E-state index contributed by atoms with van der Waals surface area (Å²) in [6, 6.07) is 11.4. The molecule has 0 bridgehead atoms. The van der Waals surface area contributed by atoms with Gasteiger partial charge in [-0.15, -0.1) is 0 Å². The van der Waals surface area contributed by atoms with Crippen LogP contribution in [-0.4, -0.2) is 54.5 Å². The van der Waals surface area contributed by atoms with Crippen LogP contribution in [0.5, 0.6) is 0 Å². The van der Waals surface area contributed by atoms with Crippen molar-refractivity contribution >= 4 is 11.6 Å². The Labute approximate surface area is 215 Å². The van der Waals surface area contributed by atoms with E-state index in [2.05, 4.69) is 16.3 Å². The molecular weight excluding hydrogens is 483 g/mol. The third kappa shape index (κ3) is 5.78. The average Bonchev–Trinajstić information content (AvgIpc) is 3.71. The van der Waals surface area contributed by atoms with Gasteiger partial charge in [-0.05, 0) is 54.0 Å². The molecule has 1 saturated carbocycles. The summed E-state index contributed by atoms with van der Waals surface area (Å²) in [7, 11) is 0. The van der Waals surface area contributed by atoms with Crippen LogP contribution in [0.4, 0.5) is 18.9 Å². The topological polar surface area (TPSA) is 54.0 Å². The molecule has 2 fully saturated rings. The first-order valence-corrected chi connectivity index (χ1v) is 13.1. The molecule has 0 spiro atoms. The number of amides is 1. The lowest BCUT2D eigenvalue weighted by Crippen LogP contribution is -2.63. The van der Waals surface area contributed by atoms with E-state index in [1.165, 1.54) is 35.4 Å². The van der Waals surface area contributed by atoms with Crippen molar-refractivity contribution in [3.05, 3.63) is 64.7 Å². The van der Waals surface area contributed by atoms with Gasteiger partial charge in [0.2, 0.25) is 11.8 Å². The number of hydrogen-bond acceptors (Lipinski definition) is 5. The van der Waals surface area contributed by atoms with E-state index in [0.29, 0.717) is 6.61 Å². The summed E-state index contributed by atoms with van der Waals surface area (Å²) in [5, 5.41) is 3.44. The number of rotatable bonds is 8. The molecular formula is C28H34F3N3O3. The molecule has 2 aromatic carbocycles. The van der Waals surface area contributed by atoms with Crippen molar-refractivity contribution in [1.82, 2.24) is 9.80 Å². The van der Waals surface area contributed by atoms with E-state index in [1.54, 1.807) is 13.0 Å². The highest BCUT2D eigenvalue weighted by Crippen LogP contribution is 2.37. The van der Waals surface area contributed by atoms with Crippen LogP contribution in [0, 0.1) is 5.92 Å². The number of carbonyl (C=O) groups excluding carboxylic acids is 1. The van der Waals surface area contributed by atoms with Crippen molar-refractivity contribution < 1.29 is 27.4 Å². The lowest BCUT2D eigenvalue weighted by molar-refractivity contribution is -0.219. The van der Waals surface area contributed by atoms with E-state index in [-0.39, 0.29) is 37.6 Å². The number of hydrogen-bond donors (Lipinski definition) is 1. The van der Waals surface area contributed by atoms with E-state index in [1.807, 2.05) is 12.1 Å². The molecule has 2 heterocycles. The summed E-state index contributed by atoms with van der Waals surface area (Å²) in [4.78, 5) is 17.1. The van der Waals surface area contributed by atoms with E-state index < -0.39 is 17.6 Å². The number of fused-ring (bicyclic) bond motifs is 1. The predicted molar refractivity (Wildman–Crippen MR) is 134 cm³/mol. The molecule has 3 aliphatic rings. The Bertz CT molecular complexity index is 1110. The van der Waals surface area contributed by atoms with Crippen LogP contribution in [0.2, 0.25) is 0 Å². The SMILES string of the molecule is CCC(=O)N(Cc1ccccc1C(F)(F)F)C1(Nc2cccc3c2CCN(CC2CC2)C3)COCCO1. The zero-order valence-electron chi connectivity index (χ0n) is 21.2. The van der Waals surface area contributed by atoms with Crippen LogP contribution < -0.4 is 5.32 Å². The minimum atomic E-state index is -4.53. The second kappa shape index (κ2) is 10.6. The van der Waals surface area contributed by atoms with Crippen molar-refractivity contribution in [2.75, 3.05) is 38.2 Å². The lowest BCUT2D eigenvalue weighted by atomic mass is 9.97. The van der Waals surface area contributed by atoms with Gasteiger partial charge in [0.1, 0.15) is 6.61 Å². The van der Waals surface area contributed by atoms with E-state index >= 15 is 0 Å². The first kappa shape index (κ1) is 26.0. The number of carbonyl (C=O) groups is 1. The number of halogens is 3. The van der Waals surface area contributed by atoms with Gasteiger partial charge in [0, 0.05) is 31.7 Å². The third-order valence-corrected chi connectivity index (χ3v) is 7.45. The van der Waals surface area contributed by atoms with E-state index in [0.717, 1.165) is 49.3 Å². The standard InChI is InChI=1S/C28H34F3N3O3/c1-2-26(35)34(18-22-6-3-4-8-24(22)28(29,30)31)27(19-36-14-15-37-27)32-25-9-5-7-21-17-33(13-12-23(21)25)16-20-10-11-20/h3-9,20,32H,2,10-19H2,1H3. The number of anilines is 1. The Hall–Kier alpha value is -2.62.